The minimum atomic E-state index is 0.742. The summed E-state index contributed by atoms with van der Waals surface area (Å²) in [6, 6.07) is 7.11. The lowest BCUT2D eigenvalue weighted by molar-refractivity contribution is 0.430. The van der Waals surface area contributed by atoms with Crippen LogP contribution in [-0.2, 0) is 6.54 Å². The van der Waals surface area contributed by atoms with Crippen molar-refractivity contribution in [3.63, 3.8) is 0 Å². The molecule has 1 aliphatic carbocycles. The molecule has 0 amide bonds. The second-order valence-corrected chi connectivity index (χ2v) is 6.62. The van der Waals surface area contributed by atoms with Crippen LogP contribution in [0.3, 0.4) is 0 Å². The summed E-state index contributed by atoms with van der Waals surface area (Å²) in [4.78, 5) is 2.65. The smallest absolute Gasteiger partial charge is 0.0471 e. The number of hydrogen-bond donors (Lipinski definition) is 1. The number of benzene rings is 1. The van der Waals surface area contributed by atoms with Gasteiger partial charge in [0.25, 0.3) is 0 Å². The van der Waals surface area contributed by atoms with E-state index in [1.807, 2.05) is 13.1 Å². The van der Waals surface area contributed by atoms with Gasteiger partial charge < -0.3 is 10.2 Å². The quantitative estimate of drug-likeness (QED) is 0.894. The van der Waals surface area contributed by atoms with Crippen LogP contribution in [0.4, 0.5) is 5.69 Å². The molecular formula is C17H25ClN2. The normalized spacial score (nSPS) is 23.7. The Morgan fingerprint density at radius 1 is 1.20 bits per heavy atom. The first-order chi connectivity index (χ1) is 9.81. The topological polar surface area (TPSA) is 15.3 Å². The summed E-state index contributed by atoms with van der Waals surface area (Å²) in [7, 11) is 1.99. The van der Waals surface area contributed by atoms with E-state index in [1.54, 1.807) is 0 Å². The molecule has 1 aromatic rings. The van der Waals surface area contributed by atoms with Crippen molar-refractivity contribution in [1.82, 2.24) is 5.32 Å². The molecule has 20 heavy (non-hydrogen) atoms. The molecule has 0 bridgehead atoms. The molecule has 2 fully saturated rings. The molecule has 1 N–H and O–H groups in total. The zero-order valence-electron chi connectivity index (χ0n) is 12.4. The first-order valence-corrected chi connectivity index (χ1v) is 8.37. The maximum Gasteiger partial charge on any atom is 0.0471 e. The molecule has 3 rings (SSSR count). The molecule has 1 saturated heterocycles. The zero-order chi connectivity index (χ0) is 13.9. The summed E-state index contributed by atoms with van der Waals surface area (Å²) in [5.41, 5.74) is 2.63. The van der Waals surface area contributed by atoms with Crippen LogP contribution >= 0.6 is 11.6 Å². The lowest BCUT2D eigenvalue weighted by Gasteiger charge is -2.33. The van der Waals surface area contributed by atoms with E-state index in [0.29, 0.717) is 0 Å². The third-order valence-corrected chi connectivity index (χ3v) is 5.35. The van der Waals surface area contributed by atoms with Gasteiger partial charge in [0.1, 0.15) is 0 Å². The number of rotatable bonds is 4. The SMILES string of the molecule is CNCc1c(Cl)cccc1N1CCCC1C1CCCC1. The maximum absolute atomic E-state index is 6.43. The second kappa shape index (κ2) is 6.36. The molecule has 2 aliphatic rings. The van der Waals surface area contributed by atoms with Crippen molar-refractivity contribution in [3.05, 3.63) is 28.8 Å². The van der Waals surface area contributed by atoms with E-state index in [4.69, 9.17) is 11.6 Å². The maximum atomic E-state index is 6.43. The third kappa shape index (κ3) is 2.68. The van der Waals surface area contributed by atoms with Crippen molar-refractivity contribution in [3.8, 4) is 0 Å². The largest absolute Gasteiger partial charge is 0.368 e. The van der Waals surface area contributed by atoms with Gasteiger partial charge in [-0.2, -0.15) is 0 Å². The van der Waals surface area contributed by atoms with Gasteiger partial charge in [0.2, 0.25) is 0 Å². The van der Waals surface area contributed by atoms with Crippen LogP contribution in [0.5, 0.6) is 0 Å². The van der Waals surface area contributed by atoms with Crippen molar-refractivity contribution >= 4 is 17.3 Å². The third-order valence-electron chi connectivity index (χ3n) is 5.00. The van der Waals surface area contributed by atoms with Gasteiger partial charge in [-0.1, -0.05) is 30.5 Å². The second-order valence-electron chi connectivity index (χ2n) is 6.22. The molecule has 1 unspecified atom stereocenters. The molecule has 0 aromatic heterocycles. The van der Waals surface area contributed by atoms with Crippen LogP contribution in [0.2, 0.25) is 5.02 Å². The van der Waals surface area contributed by atoms with E-state index in [0.717, 1.165) is 23.5 Å². The van der Waals surface area contributed by atoms with Crippen LogP contribution in [0.1, 0.15) is 44.1 Å². The van der Waals surface area contributed by atoms with Gasteiger partial charge >= 0.3 is 0 Å². The van der Waals surface area contributed by atoms with Crippen LogP contribution in [-0.4, -0.2) is 19.6 Å². The minimum absolute atomic E-state index is 0.742. The lowest BCUT2D eigenvalue weighted by Crippen LogP contribution is -2.35. The van der Waals surface area contributed by atoms with E-state index in [-0.39, 0.29) is 0 Å². The molecular weight excluding hydrogens is 268 g/mol. The van der Waals surface area contributed by atoms with Crippen LogP contribution in [0.15, 0.2) is 18.2 Å². The highest BCUT2D eigenvalue weighted by Crippen LogP contribution is 2.39. The first-order valence-electron chi connectivity index (χ1n) is 8.00. The molecule has 0 spiro atoms. The standard InChI is InChI=1S/C17H25ClN2/c1-19-12-14-15(18)8-4-9-17(14)20-11-5-10-16(20)13-6-2-3-7-13/h4,8-9,13,16,19H,2-3,5-7,10-12H2,1H3. The lowest BCUT2D eigenvalue weighted by atomic mass is 9.95. The van der Waals surface area contributed by atoms with Crippen molar-refractivity contribution in [2.75, 3.05) is 18.5 Å². The average Bonchev–Trinajstić information content (AvgIpc) is 3.10. The predicted molar refractivity (Wildman–Crippen MR) is 86.5 cm³/mol. The van der Waals surface area contributed by atoms with E-state index in [9.17, 15) is 0 Å². The van der Waals surface area contributed by atoms with Crippen molar-refractivity contribution in [2.45, 2.75) is 51.1 Å². The Bertz CT molecular complexity index is 454. The van der Waals surface area contributed by atoms with Gasteiger partial charge in [-0.15, -0.1) is 0 Å². The summed E-state index contributed by atoms with van der Waals surface area (Å²) >= 11 is 6.43. The van der Waals surface area contributed by atoms with Gasteiger partial charge in [0.15, 0.2) is 0 Å². The van der Waals surface area contributed by atoms with Crippen LogP contribution in [0, 0.1) is 5.92 Å². The Morgan fingerprint density at radius 3 is 2.75 bits per heavy atom. The number of halogens is 1. The van der Waals surface area contributed by atoms with Gasteiger partial charge in [-0.3, -0.25) is 0 Å². The fraction of sp³-hybridized carbons (Fsp3) is 0.647. The van der Waals surface area contributed by atoms with Gasteiger partial charge in [0, 0.05) is 35.4 Å². The monoisotopic (exact) mass is 292 g/mol. The van der Waals surface area contributed by atoms with E-state index in [2.05, 4.69) is 22.3 Å². The number of anilines is 1. The average molecular weight is 293 g/mol. The summed E-state index contributed by atoms with van der Waals surface area (Å²) < 4.78 is 0. The Balaban J connectivity index is 1.88. The number of nitrogens with one attached hydrogen (secondary N) is 1. The van der Waals surface area contributed by atoms with E-state index < -0.39 is 0 Å². The Labute approximate surface area is 127 Å². The highest BCUT2D eigenvalue weighted by atomic mass is 35.5. The van der Waals surface area contributed by atoms with E-state index in [1.165, 1.54) is 56.3 Å². The summed E-state index contributed by atoms with van der Waals surface area (Å²) in [5.74, 6) is 0.902. The van der Waals surface area contributed by atoms with Crippen LogP contribution < -0.4 is 10.2 Å². The predicted octanol–water partition coefficient (Wildman–Crippen LogP) is 4.22. The van der Waals surface area contributed by atoms with Crippen LogP contribution in [0.25, 0.3) is 0 Å². The highest BCUT2D eigenvalue weighted by molar-refractivity contribution is 6.31. The van der Waals surface area contributed by atoms with Crippen molar-refractivity contribution in [1.29, 1.82) is 0 Å². The molecule has 1 aromatic carbocycles. The number of hydrogen-bond acceptors (Lipinski definition) is 2. The van der Waals surface area contributed by atoms with Gasteiger partial charge in [-0.25, -0.2) is 0 Å². The van der Waals surface area contributed by atoms with Crippen molar-refractivity contribution in [2.24, 2.45) is 5.92 Å². The molecule has 1 saturated carbocycles. The molecule has 3 heteroatoms. The first kappa shape index (κ1) is 14.2. The van der Waals surface area contributed by atoms with E-state index >= 15 is 0 Å². The Morgan fingerprint density at radius 2 is 2.00 bits per heavy atom. The molecule has 1 aliphatic heterocycles. The minimum Gasteiger partial charge on any atom is -0.368 e. The summed E-state index contributed by atoms with van der Waals surface area (Å²) in [6.45, 7) is 2.04. The zero-order valence-corrected chi connectivity index (χ0v) is 13.1. The van der Waals surface area contributed by atoms with Crippen molar-refractivity contribution < 1.29 is 0 Å². The molecule has 2 nitrogen and oxygen atoms in total. The highest BCUT2D eigenvalue weighted by Gasteiger charge is 2.34. The molecule has 1 heterocycles. The molecule has 0 radical (unpaired) electrons. The fourth-order valence-corrected chi connectivity index (χ4v) is 4.33. The fourth-order valence-electron chi connectivity index (χ4n) is 4.09. The Hall–Kier alpha value is -0.730. The van der Waals surface area contributed by atoms with Gasteiger partial charge in [-0.05, 0) is 50.8 Å². The van der Waals surface area contributed by atoms with Gasteiger partial charge in [0.05, 0.1) is 0 Å². The Kier molecular flexibility index (Phi) is 4.52. The molecule has 1 atom stereocenters. The molecule has 110 valence electrons. The summed E-state index contributed by atoms with van der Waals surface area (Å²) in [6.07, 6.45) is 8.37. The number of nitrogens with zero attached hydrogens (tertiary/aromatic N) is 1. The summed E-state index contributed by atoms with van der Waals surface area (Å²) in [5, 5.41) is 4.16.